The lowest BCUT2D eigenvalue weighted by molar-refractivity contribution is -1.63. The largest absolute Gasteiger partial charge is 0.503 e. The van der Waals surface area contributed by atoms with Crippen LogP contribution in [-0.2, 0) is 0 Å². The van der Waals surface area contributed by atoms with Crippen LogP contribution < -0.4 is 27.9 Å². The summed E-state index contributed by atoms with van der Waals surface area (Å²) in [5.74, 6) is 0. The second kappa shape index (κ2) is 6.84. The van der Waals surface area contributed by atoms with Crippen LogP contribution in [0.3, 0.4) is 0 Å². The molecule has 0 amide bonds. The van der Waals surface area contributed by atoms with E-state index in [9.17, 15) is 0 Å². The fourth-order valence-electron chi connectivity index (χ4n) is 0.559. The SMILES string of the molecule is CN1C=CC=CC1Br.[O-][I+2]([O-])O. The number of alkyl halides is 1. The third-order valence-corrected chi connectivity index (χ3v) is 2.04. The van der Waals surface area contributed by atoms with Crippen LogP contribution in [0.4, 0.5) is 0 Å². The van der Waals surface area contributed by atoms with Gasteiger partial charge in [0, 0.05) is 13.2 Å². The van der Waals surface area contributed by atoms with Crippen LogP contribution in [0.2, 0.25) is 0 Å². The molecule has 0 aromatic rings. The second-order valence-electron chi connectivity index (χ2n) is 1.97. The molecule has 70 valence electrons. The summed E-state index contributed by atoms with van der Waals surface area (Å²) in [5, 5.41) is 0. The van der Waals surface area contributed by atoms with Crippen molar-refractivity contribution in [1.82, 2.24) is 4.90 Å². The number of hydrogen-bond donors (Lipinski definition) is 1. The van der Waals surface area contributed by atoms with Gasteiger partial charge in [-0.25, -0.2) is 0 Å². The number of rotatable bonds is 0. The summed E-state index contributed by atoms with van der Waals surface area (Å²) in [5.41, 5.74) is 0. The molecule has 1 rings (SSSR count). The molecule has 12 heavy (non-hydrogen) atoms. The molecular weight excluding hydrogens is 341 g/mol. The predicted molar refractivity (Wildman–Crippen MR) is 41.0 cm³/mol. The van der Waals surface area contributed by atoms with Gasteiger partial charge in [0.25, 0.3) is 0 Å². The Morgan fingerprint density at radius 3 is 2.25 bits per heavy atom. The van der Waals surface area contributed by atoms with Crippen LogP contribution in [-0.4, -0.2) is 20.3 Å². The van der Waals surface area contributed by atoms with Gasteiger partial charge in [0.1, 0.15) is 4.95 Å². The van der Waals surface area contributed by atoms with E-state index >= 15 is 0 Å². The summed E-state index contributed by atoms with van der Waals surface area (Å²) in [6.07, 6.45) is 8.15. The Bertz CT molecular complexity index is 155. The lowest BCUT2D eigenvalue weighted by Crippen LogP contribution is -3.98. The minimum absolute atomic E-state index is 0.382. The summed E-state index contributed by atoms with van der Waals surface area (Å²) in [6, 6.07) is 0. The maximum absolute atomic E-state index is 8.68. The van der Waals surface area contributed by atoms with Crippen molar-refractivity contribution < 1.29 is 31.4 Å². The third kappa shape index (κ3) is 7.04. The molecule has 0 aromatic carbocycles. The second-order valence-corrected chi connectivity index (χ2v) is 4.05. The molecule has 0 saturated carbocycles. The number of nitrogens with zero attached hydrogens (tertiary/aromatic N) is 1. The first-order valence-electron chi connectivity index (χ1n) is 2.99. The highest BCUT2D eigenvalue weighted by atomic mass is 127. The van der Waals surface area contributed by atoms with E-state index in [2.05, 4.69) is 26.9 Å². The molecule has 0 radical (unpaired) electrons. The highest BCUT2D eigenvalue weighted by Gasteiger charge is 2.02. The molecule has 0 bridgehead atoms. The highest BCUT2D eigenvalue weighted by Crippen LogP contribution is 2.10. The Hall–Kier alpha value is 0.370. The quantitative estimate of drug-likeness (QED) is 0.273. The van der Waals surface area contributed by atoms with E-state index in [1.54, 1.807) is 0 Å². The molecule has 1 atom stereocenters. The van der Waals surface area contributed by atoms with Crippen molar-refractivity contribution in [2.24, 2.45) is 0 Å². The first-order valence-corrected chi connectivity index (χ1v) is 6.63. The number of halogens is 2. The fourth-order valence-corrected chi connectivity index (χ4v) is 0.872. The van der Waals surface area contributed by atoms with E-state index in [4.69, 9.17) is 10.3 Å². The van der Waals surface area contributed by atoms with Crippen LogP contribution >= 0.6 is 15.9 Å². The van der Waals surface area contributed by atoms with Gasteiger partial charge in [-0.1, -0.05) is 28.1 Å². The van der Waals surface area contributed by atoms with Gasteiger partial charge in [0.2, 0.25) is 0 Å². The molecule has 1 heterocycles. The van der Waals surface area contributed by atoms with E-state index in [0.717, 1.165) is 0 Å². The highest BCUT2D eigenvalue weighted by molar-refractivity contribution is 9.09. The molecule has 0 spiro atoms. The molecule has 0 fully saturated rings. The van der Waals surface area contributed by atoms with Crippen molar-refractivity contribution in [3.8, 4) is 0 Å². The van der Waals surface area contributed by atoms with E-state index < -0.39 is 21.1 Å². The normalized spacial score (nSPS) is 20.8. The van der Waals surface area contributed by atoms with Crippen molar-refractivity contribution in [2.75, 3.05) is 7.05 Å². The zero-order valence-corrected chi connectivity index (χ0v) is 10.1. The van der Waals surface area contributed by atoms with Crippen molar-refractivity contribution in [1.29, 1.82) is 0 Å². The molecule has 1 unspecified atom stereocenters. The minimum atomic E-state index is -3.76. The summed E-state index contributed by atoms with van der Waals surface area (Å²) in [4.78, 5) is 2.47. The maximum Gasteiger partial charge on any atom is 0.503 e. The summed E-state index contributed by atoms with van der Waals surface area (Å²) < 4.78 is 24.5. The third-order valence-electron chi connectivity index (χ3n) is 1.09. The zero-order valence-electron chi connectivity index (χ0n) is 6.35. The molecule has 1 aliphatic rings. The van der Waals surface area contributed by atoms with Crippen molar-refractivity contribution >= 4 is 15.9 Å². The lowest BCUT2D eigenvalue weighted by atomic mass is 10.4. The smallest absolute Gasteiger partial charge is 0.396 e. The average Bonchev–Trinajstić information content (AvgIpc) is 1.94. The summed E-state index contributed by atoms with van der Waals surface area (Å²) >= 11 is -0.322. The van der Waals surface area contributed by atoms with Crippen LogP contribution in [0.15, 0.2) is 24.4 Å². The van der Waals surface area contributed by atoms with Crippen LogP contribution in [0.5, 0.6) is 0 Å². The minimum Gasteiger partial charge on any atom is -0.396 e. The van der Waals surface area contributed by atoms with E-state index in [1.807, 2.05) is 25.4 Å². The van der Waals surface area contributed by atoms with Gasteiger partial charge in [-0.15, -0.1) is 0 Å². The fraction of sp³-hybridized carbons (Fsp3) is 0.333. The number of allylic oxidation sites excluding steroid dienone is 2. The average molecular weight is 350 g/mol. The standard InChI is InChI=1S/C6H8BrN.HIO3/c1-8-5-3-2-4-6(8)7;2-1(3)4/h2-6H,1H3;2H. The molecule has 0 saturated heterocycles. The van der Waals surface area contributed by atoms with Crippen LogP contribution in [0.25, 0.3) is 0 Å². The van der Waals surface area contributed by atoms with E-state index in [1.165, 1.54) is 0 Å². The van der Waals surface area contributed by atoms with E-state index in [-0.39, 0.29) is 0 Å². The lowest BCUT2D eigenvalue weighted by Gasteiger charge is -2.19. The van der Waals surface area contributed by atoms with Gasteiger partial charge >= 0.3 is 21.1 Å². The first-order chi connectivity index (χ1) is 5.54. The molecule has 1 aliphatic heterocycles. The predicted octanol–water partition coefficient (Wildman–Crippen LogP) is -4.21. The molecule has 4 nitrogen and oxygen atoms in total. The topological polar surface area (TPSA) is 69.6 Å². The molecule has 0 aliphatic carbocycles. The molecule has 6 heteroatoms. The van der Waals surface area contributed by atoms with Crippen molar-refractivity contribution in [3.05, 3.63) is 24.4 Å². The monoisotopic (exact) mass is 349 g/mol. The molecule has 0 aromatic heterocycles. The van der Waals surface area contributed by atoms with Gasteiger partial charge in [0.05, 0.1) is 0 Å². The summed E-state index contributed by atoms with van der Waals surface area (Å²) in [7, 11) is 2.03. The van der Waals surface area contributed by atoms with Gasteiger partial charge in [0.15, 0.2) is 0 Å². The van der Waals surface area contributed by atoms with Gasteiger partial charge in [-0.2, -0.15) is 0 Å². The maximum atomic E-state index is 8.68. The Kier molecular flexibility index (Phi) is 7.05. The molecule has 1 N–H and O–H groups in total. The van der Waals surface area contributed by atoms with Gasteiger partial charge < -0.3 is 11.8 Å². The Morgan fingerprint density at radius 2 is 2.00 bits per heavy atom. The van der Waals surface area contributed by atoms with Crippen molar-refractivity contribution in [2.45, 2.75) is 4.95 Å². The Balaban J connectivity index is 0.000000261. The molecular formula is C6H9BrINO3. The van der Waals surface area contributed by atoms with E-state index in [0.29, 0.717) is 4.95 Å². The number of likely N-dealkylation sites (N-methyl/N-ethyl adjacent to an activating group) is 1. The Labute approximate surface area is 88.4 Å². The van der Waals surface area contributed by atoms with Crippen LogP contribution in [0, 0.1) is 0 Å². The van der Waals surface area contributed by atoms with Gasteiger partial charge in [-0.3, -0.25) is 0 Å². The summed E-state index contributed by atoms with van der Waals surface area (Å²) in [6.45, 7) is 0. The van der Waals surface area contributed by atoms with Crippen LogP contribution in [0.1, 0.15) is 0 Å². The van der Waals surface area contributed by atoms with Crippen molar-refractivity contribution in [3.63, 3.8) is 0 Å². The number of hydrogen-bond acceptors (Lipinski definition) is 4. The zero-order chi connectivity index (χ0) is 9.56. The van der Waals surface area contributed by atoms with Gasteiger partial charge in [-0.05, 0) is 9.51 Å². The first kappa shape index (κ1) is 12.4. The Morgan fingerprint density at radius 1 is 1.50 bits per heavy atom.